The number of hydrogen-bond acceptors (Lipinski definition) is 3. The molecule has 94 valence electrons. The molecule has 0 amide bonds. The number of fused-ring (bicyclic) bond motifs is 1. The second-order valence-electron chi connectivity index (χ2n) is 5.51. The summed E-state index contributed by atoms with van der Waals surface area (Å²) in [6.07, 6.45) is 1.30. The van der Waals surface area contributed by atoms with Crippen molar-refractivity contribution in [3.05, 3.63) is 21.9 Å². The van der Waals surface area contributed by atoms with Crippen molar-refractivity contribution < 1.29 is 0 Å². The molecular formula is C14H22N2S. The predicted molar refractivity (Wildman–Crippen MR) is 73.4 cm³/mol. The van der Waals surface area contributed by atoms with Gasteiger partial charge in [0.15, 0.2) is 0 Å². The Kier molecular flexibility index (Phi) is 3.24. The number of nitrogens with one attached hydrogen (secondary N) is 1. The van der Waals surface area contributed by atoms with Crippen molar-refractivity contribution in [3.8, 4) is 0 Å². The van der Waals surface area contributed by atoms with E-state index in [2.05, 4.69) is 35.5 Å². The molecule has 3 rings (SSSR count). The molecule has 2 nitrogen and oxygen atoms in total. The molecule has 17 heavy (non-hydrogen) atoms. The predicted octanol–water partition coefficient (Wildman–Crippen LogP) is 2.49. The van der Waals surface area contributed by atoms with Crippen LogP contribution in [0.15, 0.2) is 11.4 Å². The lowest BCUT2D eigenvalue weighted by Crippen LogP contribution is -2.34. The summed E-state index contributed by atoms with van der Waals surface area (Å²) in [6.45, 7) is 9.54. The lowest BCUT2D eigenvalue weighted by molar-refractivity contribution is 0.212. The molecule has 2 aliphatic heterocycles. The maximum absolute atomic E-state index is 3.56. The smallest absolute Gasteiger partial charge is 0.0333 e. The number of aryl methyl sites for hydroxylation is 1. The molecule has 0 bridgehead atoms. The van der Waals surface area contributed by atoms with Gasteiger partial charge >= 0.3 is 0 Å². The molecule has 3 heterocycles. The second-order valence-corrected chi connectivity index (χ2v) is 6.51. The highest BCUT2D eigenvalue weighted by molar-refractivity contribution is 7.10. The van der Waals surface area contributed by atoms with Crippen LogP contribution in [-0.4, -0.2) is 30.6 Å². The lowest BCUT2D eigenvalue weighted by Gasteiger charge is -2.26. The largest absolute Gasteiger partial charge is 0.316 e. The van der Waals surface area contributed by atoms with E-state index in [0.29, 0.717) is 0 Å². The maximum Gasteiger partial charge on any atom is 0.0333 e. The van der Waals surface area contributed by atoms with Crippen molar-refractivity contribution >= 4 is 11.3 Å². The highest BCUT2D eigenvalue weighted by atomic mass is 32.1. The Morgan fingerprint density at radius 2 is 2.35 bits per heavy atom. The molecule has 2 aliphatic rings. The Labute approximate surface area is 108 Å². The molecule has 2 fully saturated rings. The number of rotatable bonds is 3. The van der Waals surface area contributed by atoms with Crippen LogP contribution in [0.5, 0.6) is 0 Å². The van der Waals surface area contributed by atoms with Gasteiger partial charge in [-0.2, -0.15) is 0 Å². The van der Waals surface area contributed by atoms with Gasteiger partial charge in [0.1, 0.15) is 0 Å². The Hall–Kier alpha value is -0.380. The molecule has 0 saturated carbocycles. The van der Waals surface area contributed by atoms with Crippen molar-refractivity contribution in [1.29, 1.82) is 0 Å². The minimum Gasteiger partial charge on any atom is -0.316 e. The van der Waals surface area contributed by atoms with Gasteiger partial charge in [-0.25, -0.2) is 0 Å². The summed E-state index contributed by atoms with van der Waals surface area (Å²) in [5.74, 6) is 1.81. The second kappa shape index (κ2) is 4.71. The van der Waals surface area contributed by atoms with E-state index in [1.807, 2.05) is 11.3 Å². The van der Waals surface area contributed by atoms with E-state index in [-0.39, 0.29) is 0 Å². The molecule has 3 heteroatoms. The summed E-state index contributed by atoms with van der Waals surface area (Å²) < 4.78 is 0. The van der Waals surface area contributed by atoms with E-state index >= 15 is 0 Å². The van der Waals surface area contributed by atoms with Crippen LogP contribution >= 0.6 is 11.3 Å². The monoisotopic (exact) mass is 250 g/mol. The highest BCUT2D eigenvalue weighted by Crippen LogP contribution is 2.35. The lowest BCUT2D eigenvalue weighted by atomic mass is 9.93. The third-order valence-corrected chi connectivity index (χ3v) is 5.57. The van der Waals surface area contributed by atoms with Crippen molar-refractivity contribution in [3.63, 3.8) is 0 Å². The number of hydrogen-bond donors (Lipinski definition) is 1. The van der Waals surface area contributed by atoms with Crippen LogP contribution < -0.4 is 5.32 Å². The van der Waals surface area contributed by atoms with Crippen LogP contribution in [0.3, 0.4) is 0 Å². The average Bonchev–Trinajstić information content (AvgIpc) is 2.96. The summed E-state index contributed by atoms with van der Waals surface area (Å²) in [7, 11) is 0. The minimum atomic E-state index is 0.802. The quantitative estimate of drug-likeness (QED) is 0.886. The van der Waals surface area contributed by atoms with Crippen LogP contribution in [0.1, 0.15) is 23.8 Å². The fraction of sp³-hybridized carbons (Fsp3) is 0.714. The Bertz CT molecular complexity index is 387. The summed E-state index contributed by atoms with van der Waals surface area (Å²) >= 11 is 1.92. The topological polar surface area (TPSA) is 15.3 Å². The van der Waals surface area contributed by atoms with Crippen LogP contribution in [0, 0.1) is 18.8 Å². The van der Waals surface area contributed by atoms with Crippen molar-refractivity contribution in [2.24, 2.45) is 11.8 Å². The zero-order valence-corrected chi connectivity index (χ0v) is 11.6. The first kappa shape index (κ1) is 11.7. The van der Waals surface area contributed by atoms with E-state index in [9.17, 15) is 0 Å². The third kappa shape index (κ3) is 2.05. The third-order valence-electron chi connectivity index (χ3n) is 4.56. The summed E-state index contributed by atoms with van der Waals surface area (Å²) in [4.78, 5) is 4.30. The summed E-state index contributed by atoms with van der Waals surface area (Å²) in [6, 6.07) is 3.05. The molecule has 3 atom stereocenters. The van der Waals surface area contributed by atoms with Crippen LogP contribution in [0.25, 0.3) is 0 Å². The summed E-state index contributed by atoms with van der Waals surface area (Å²) in [5, 5.41) is 5.78. The average molecular weight is 250 g/mol. The maximum atomic E-state index is 3.56. The molecule has 0 aliphatic carbocycles. The molecule has 1 N–H and O–H groups in total. The number of thiophene rings is 1. The molecule has 1 aromatic heterocycles. The Morgan fingerprint density at radius 1 is 1.47 bits per heavy atom. The van der Waals surface area contributed by atoms with E-state index in [1.165, 1.54) is 38.2 Å². The van der Waals surface area contributed by atoms with Gasteiger partial charge < -0.3 is 5.32 Å². The Morgan fingerprint density at radius 3 is 3.06 bits per heavy atom. The zero-order chi connectivity index (χ0) is 11.8. The van der Waals surface area contributed by atoms with E-state index in [1.54, 1.807) is 4.88 Å². The van der Waals surface area contributed by atoms with Gasteiger partial charge in [0, 0.05) is 24.0 Å². The number of likely N-dealkylation sites (tertiary alicyclic amines) is 1. The standard InChI is InChI=1S/C14H22N2S/c1-3-13-12-7-15-6-11(12)8-16(13)9-14-10(2)4-5-17-14/h4-5,11-13,15H,3,6-9H2,1-2H3. The Balaban J connectivity index is 1.73. The zero-order valence-electron chi connectivity index (χ0n) is 10.8. The van der Waals surface area contributed by atoms with Gasteiger partial charge in [-0.15, -0.1) is 11.3 Å². The minimum absolute atomic E-state index is 0.802. The van der Waals surface area contributed by atoms with E-state index in [4.69, 9.17) is 0 Å². The molecular weight excluding hydrogens is 228 g/mol. The SMILES string of the molecule is CCC1C2CNCC2CN1Cc1sccc1C. The summed E-state index contributed by atoms with van der Waals surface area (Å²) in [5.41, 5.74) is 1.47. The van der Waals surface area contributed by atoms with Gasteiger partial charge in [-0.05, 0) is 55.3 Å². The van der Waals surface area contributed by atoms with Gasteiger partial charge in [0.2, 0.25) is 0 Å². The molecule has 0 aromatic carbocycles. The van der Waals surface area contributed by atoms with E-state index in [0.717, 1.165) is 17.9 Å². The first-order chi connectivity index (χ1) is 8.29. The molecule has 1 aromatic rings. The molecule has 3 unspecified atom stereocenters. The fourth-order valence-corrected chi connectivity index (χ4v) is 4.53. The first-order valence-corrected chi connectivity index (χ1v) is 7.65. The van der Waals surface area contributed by atoms with Crippen molar-refractivity contribution in [1.82, 2.24) is 10.2 Å². The number of nitrogens with zero attached hydrogens (tertiary/aromatic N) is 1. The van der Waals surface area contributed by atoms with Crippen molar-refractivity contribution in [2.45, 2.75) is 32.9 Å². The fourth-order valence-electron chi connectivity index (χ4n) is 3.60. The van der Waals surface area contributed by atoms with E-state index < -0.39 is 0 Å². The van der Waals surface area contributed by atoms with Gasteiger partial charge in [-0.3, -0.25) is 4.90 Å². The van der Waals surface area contributed by atoms with Crippen molar-refractivity contribution in [2.75, 3.05) is 19.6 Å². The molecule has 0 radical (unpaired) electrons. The van der Waals surface area contributed by atoms with Crippen LogP contribution in [-0.2, 0) is 6.54 Å². The highest BCUT2D eigenvalue weighted by Gasteiger charge is 2.42. The van der Waals surface area contributed by atoms with Crippen LogP contribution in [0.2, 0.25) is 0 Å². The van der Waals surface area contributed by atoms with Gasteiger partial charge in [0.25, 0.3) is 0 Å². The normalized spacial score (nSPS) is 33.2. The van der Waals surface area contributed by atoms with Gasteiger partial charge in [-0.1, -0.05) is 6.92 Å². The first-order valence-electron chi connectivity index (χ1n) is 6.77. The molecule has 0 spiro atoms. The van der Waals surface area contributed by atoms with Crippen LogP contribution in [0.4, 0.5) is 0 Å². The van der Waals surface area contributed by atoms with Gasteiger partial charge in [0.05, 0.1) is 0 Å². The molecule has 2 saturated heterocycles.